The summed E-state index contributed by atoms with van der Waals surface area (Å²) >= 11 is 0. The molecule has 0 spiro atoms. The Kier molecular flexibility index (Phi) is 6.33. The highest BCUT2D eigenvalue weighted by Gasteiger charge is 2.35. The minimum Gasteiger partial charge on any atom is -0.494 e. The molecule has 0 N–H and O–H groups in total. The van der Waals surface area contributed by atoms with Crippen molar-refractivity contribution < 1.29 is 9.53 Å². The predicted octanol–water partition coefficient (Wildman–Crippen LogP) is 4.20. The van der Waals surface area contributed by atoms with Gasteiger partial charge in [-0.3, -0.25) is 4.79 Å². The molecule has 3 aliphatic rings. The van der Waals surface area contributed by atoms with E-state index in [0.717, 1.165) is 68.7 Å². The molecule has 1 amide bonds. The lowest BCUT2D eigenvalue weighted by atomic mass is 10.0. The average Bonchev–Trinajstić information content (AvgIpc) is 3.17. The third-order valence-corrected chi connectivity index (χ3v) is 6.68. The van der Waals surface area contributed by atoms with Crippen LogP contribution in [0.3, 0.4) is 0 Å². The van der Waals surface area contributed by atoms with Gasteiger partial charge in [-0.2, -0.15) is 0 Å². The highest BCUT2D eigenvalue weighted by Crippen LogP contribution is 2.37. The van der Waals surface area contributed by atoms with Gasteiger partial charge < -0.3 is 14.5 Å². The first-order valence-electron chi connectivity index (χ1n) is 11.0. The van der Waals surface area contributed by atoms with Crippen molar-refractivity contribution in [2.24, 2.45) is 11.8 Å². The van der Waals surface area contributed by atoms with Crippen LogP contribution in [0.25, 0.3) is 0 Å². The molecule has 2 unspecified atom stereocenters. The number of benzene rings is 1. The van der Waals surface area contributed by atoms with Crippen LogP contribution in [-0.2, 0) is 0 Å². The van der Waals surface area contributed by atoms with Crippen LogP contribution in [0.1, 0.15) is 61.7 Å². The first kappa shape index (κ1) is 18.8. The lowest BCUT2D eigenvalue weighted by Gasteiger charge is -2.20. The smallest absolute Gasteiger partial charge is 0.253 e. The second-order valence-corrected chi connectivity index (χ2v) is 8.64. The van der Waals surface area contributed by atoms with E-state index < -0.39 is 0 Å². The molecule has 2 heterocycles. The molecule has 1 aromatic rings. The molecule has 2 aliphatic heterocycles. The highest BCUT2D eigenvalue weighted by atomic mass is 16.5. The van der Waals surface area contributed by atoms with Gasteiger partial charge >= 0.3 is 0 Å². The van der Waals surface area contributed by atoms with Gasteiger partial charge in [-0.15, -0.1) is 0 Å². The summed E-state index contributed by atoms with van der Waals surface area (Å²) < 4.78 is 5.91. The maximum atomic E-state index is 12.6. The normalized spacial score (nSPS) is 26.0. The summed E-state index contributed by atoms with van der Waals surface area (Å²) in [5, 5.41) is 0. The Morgan fingerprint density at radius 1 is 0.926 bits per heavy atom. The van der Waals surface area contributed by atoms with Crippen LogP contribution in [0.15, 0.2) is 24.3 Å². The average molecular weight is 371 g/mol. The lowest BCUT2D eigenvalue weighted by Crippen LogP contribution is -2.31. The molecule has 4 nitrogen and oxygen atoms in total. The summed E-state index contributed by atoms with van der Waals surface area (Å²) in [6.07, 6.45) is 10.2. The Labute approximate surface area is 163 Å². The number of carbonyl (C=O) groups is 1. The second-order valence-electron chi connectivity index (χ2n) is 8.64. The Hall–Kier alpha value is -1.55. The maximum Gasteiger partial charge on any atom is 0.253 e. The van der Waals surface area contributed by atoms with Crippen LogP contribution < -0.4 is 4.74 Å². The number of rotatable bonds is 6. The molecule has 1 aliphatic carbocycles. The second kappa shape index (κ2) is 9.09. The van der Waals surface area contributed by atoms with Crippen molar-refractivity contribution in [3.8, 4) is 5.75 Å². The number of amides is 1. The van der Waals surface area contributed by atoms with Gasteiger partial charge in [0, 0.05) is 38.3 Å². The summed E-state index contributed by atoms with van der Waals surface area (Å²) in [4.78, 5) is 17.3. The topological polar surface area (TPSA) is 32.8 Å². The summed E-state index contributed by atoms with van der Waals surface area (Å²) in [6.45, 7) is 6.31. The van der Waals surface area contributed by atoms with Gasteiger partial charge in [0.1, 0.15) is 5.75 Å². The van der Waals surface area contributed by atoms with Crippen LogP contribution in [0.4, 0.5) is 0 Å². The summed E-state index contributed by atoms with van der Waals surface area (Å²) in [5.74, 6) is 2.99. The highest BCUT2D eigenvalue weighted by molar-refractivity contribution is 5.94. The van der Waals surface area contributed by atoms with Crippen LogP contribution in [-0.4, -0.2) is 55.0 Å². The first-order chi connectivity index (χ1) is 13.3. The Balaban J connectivity index is 1.18. The monoisotopic (exact) mass is 370 g/mol. The van der Waals surface area contributed by atoms with Crippen LogP contribution >= 0.6 is 0 Å². The van der Waals surface area contributed by atoms with Gasteiger partial charge in [0.25, 0.3) is 5.91 Å². The van der Waals surface area contributed by atoms with Crippen LogP contribution in [0.2, 0.25) is 0 Å². The number of ether oxygens (including phenoxy) is 1. The Bertz CT molecular complexity index is 595. The van der Waals surface area contributed by atoms with E-state index in [1.165, 1.54) is 45.2 Å². The van der Waals surface area contributed by atoms with Gasteiger partial charge in [0.2, 0.25) is 0 Å². The molecule has 4 heteroatoms. The zero-order valence-corrected chi connectivity index (χ0v) is 16.6. The fraction of sp³-hybridized carbons (Fsp3) is 0.696. The van der Waals surface area contributed by atoms with E-state index in [1.54, 1.807) is 0 Å². The molecule has 2 atom stereocenters. The fourth-order valence-corrected chi connectivity index (χ4v) is 5.14. The zero-order chi connectivity index (χ0) is 18.5. The summed E-state index contributed by atoms with van der Waals surface area (Å²) in [6, 6.07) is 7.74. The van der Waals surface area contributed by atoms with E-state index in [0.29, 0.717) is 0 Å². The predicted molar refractivity (Wildman–Crippen MR) is 108 cm³/mol. The van der Waals surface area contributed by atoms with Crippen molar-refractivity contribution in [1.82, 2.24) is 9.80 Å². The molecule has 27 heavy (non-hydrogen) atoms. The largest absolute Gasteiger partial charge is 0.494 e. The number of hydrogen-bond donors (Lipinski definition) is 0. The molecule has 1 saturated carbocycles. The van der Waals surface area contributed by atoms with Crippen molar-refractivity contribution in [1.29, 1.82) is 0 Å². The van der Waals surface area contributed by atoms with Gasteiger partial charge in [-0.25, -0.2) is 0 Å². The van der Waals surface area contributed by atoms with Crippen molar-refractivity contribution in [3.63, 3.8) is 0 Å². The SMILES string of the molecule is O=C(c1ccc(OCCCN2CC3CCCC3C2)cc1)N1CCCCCC1. The van der Waals surface area contributed by atoms with E-state index in [4.69, 9.17) is 4.74 Å². The van der Waals surface area contributed by atoms with E-state index in [-0.39, 0.29) is 5.91 Å². The van der Waals surface area contributed by atoms with Gasteiger partial charge in [0.15, 0.2) is 0 Å². The number of hydrogen-bond acceptors (Lipinski definition) is 3. The lowest BCUT2D eigenvalue weighted by molar-refractivity contribution is 0.0761. The molecule has 4 rings (SSSR count). The van der Waals surface area contributed by atoms with E-state index in [1.807, 2.05) is 29.2 Å². The number of fused-ring (bicyclic) bond motifs is 1. The van der Waals surface area contributed by atoms with Gasteiger partial charge in [-0.1, -0.05) is 19.3 Å². The summed E-state index contributed by atoms with van der Waals surface area (Å²) in [5.41, 5.74) is 0.785. The van der Waals surface area contributed by atoms with E-state index in [2.05, 4.69) is 4.90 Å². The molecule has 0 aromatic heterocycles. The number of likely N-dealkylation sites (tertiary alicyclic amines) is 2. The quantitative estimate of drug-likeness (QED) is 0.704. The molecule has 1 aromatic carbocycles. The molecule has 148 valence electrons. The maximum absolute atomic E-state index is 12.6. The van der Waals surface area contributed by atoms with Crippen molar-refractivity contribution in [2.75, 3.05) is 39.3 Å². The van der Waals surface area contributed by atoms with Crippen molar-refractivity contribution in [2.45, 2.75) is 51.4 Å². The molecular weight excluding hydrogens is 336 g/mol. The van der Waals surface area contributed by atoms with Crippen LogP contribution in [0.5, 0.6) is 5.75 Å². The zero-order valence-electron chi connectivity index (χ0n) is 16.6. The van der Waals surface area contributed by atoms with Gasteiger partial charge in [0.05, 0.1) is 6.61 Å². The van der Waals surface area contributed by atoms with Gasteiger partial charge in [-0.05, 0) is 68.2 Å². The number of nitrogens with zero attached hydrogens (tertiary/aromatic N) is 2. The molecule has 0 radical (unpaired) electrons. The van der Waals surface area contributed by atoms with E-state index in [9.17, 15) is 4.79 Å². The standard InChI is InChI=1S/C23H34N2O2/c26-23(25-14-3-1-2-4-15-25)19-9-11-22(12-10-19)27-16-6-13-24-17-20-7-5-8-21(20)18-24/h9-12,20-21H,1-8,13-18H2. The van der Waals surface area contributed by atoms with Crippen molar-refractivity contribution in [3.05, 3.63) is 29.8 Å². The van der Waals surface area contributed by atoms with E-state index >= 15 is 0 Å². The molecule has 0 bridgehead atoms. The minimum absolute atomic E-state index is 0.169. The first-order valence-corrected chi connectivity index (χ1v) is 11.0. The van der Waals surface area contributed by atoms with Crippen LogP contribution in [0, 0.1) is 11.8 Å². The molecular formula is C23H34N2O2. The third kappa shape index (κ3) is 4.84. The summed E-state index contributed by atoms with van der Waals surface area (Å²) in [7, 11) is 0. The third-order valence-electron chi connectivity index (χ3n) is 6.68. The number of carbonyl (C=O) groups excluding carboxylic acids is 1. The molecule has 2 saturated heterocycles. The minimum atomic E-state index is 0.169. The fourth-order valence-electron chi connectivity index (χ4n) is 5.14. The Morgan fingerprint density at radius 2 is 1.59 bits per heavy atom. The molecule has 3 fully saturated rings. The Morgan fingerprint density at radius 3 is 2.26 bits per heavy atom. The van der Waals surface area contributed by atoms with Crippen molar-refractivity contribution >= 4 is 5.91 Å².